The smallest absolute Gasteiger partial charge is 0.416 e. The quantitative estimate of drug-likeness (QED) is 0.135. The average Bonchev–Trinajstić information content (AvgIpc) is 3.82. The monoisotopic (exact) mass is 1150 g/mol. The molecule has 0 aliphatic rings. The number of alkyl halides is 6. The fraction of sp³-hybridized carbons (Fsp3) is 0.116. The molecule has 0 aliphatic heterocycles. The Morgan fingerprint density at radius 1 is 0.559 bits per heavy atom. The van der Waals surface area contributed by atoms with Crippen molar-refractivity contribution in [3.05, 3.63) is 160 Å². The highest BCUT2D eigenvalue weighted by Gasteiger charge is 2.34. The lowest BCUT2D eigenvalue weighted by atomic mass is 10.2. The minimum Gasteiger partial charge on any atom is -0.428 e. The Hall–Kier alpha value is -3.79. The van der Waals surface area contributed by atoms with Crippen molar-refractivity contribution in [2.45, 2.75) is 40.6 Å². The van der Waals surface area contributed by atoms with E-state index in [4.69, 9.17) is 85.9 Å². The molecule has 0 saturated heterocycles. The van der Waals surface area contributed by atoms with Crippen LogP contribution in [-0.4, -0.2) is 26.8 Å². The number of nitrogens with zero attached hydrogens (tertiary/aromatic N) is 2. The molecule has 68 heavy (non-hydrogen) atoms. The van der Waals surface area contributed by atoms with Crippen LogP contribution in [0.5, 0.6) is 10.9 Å². The first-order valence-corrected chi connectivity index (χ1v) is 26.3. The van der Waals surface area contributed by atoms with Gasteiger partial charge in [0.05, 0.1) is 88.7 Å². The van der Waals surface area contributed by atoms with Crippen molar-refractivity contribution in [2.24, 2.45) is 0 Å². The van der Waals surface area contributed by atoms with Crippen LogP contribution in [0.15, 0.2) is 107 Å². The summed E-state index contributed by atoms with van der Waals surface area (Å²) in [6, 6.07) is 20.6. The Labute approximate surface area is 426 Å². The van der Waals surface area contributed by atoms with Crippen molar-refractivity contribution in [3.8, 4) is 10.9 Å². The van der Waals surface area contributed by atoms with Gasteiger partial charge in [-0.25, -0.2) is 26.8 Å². The fourth-order valence-corrected chi connectivity index (χ4v) is 13.4. The van der Waals surface area contributed by atoms with Gasteiger partial charge in [-0.05, 0) is 115 Å². The van der Waals surface area contributed by atoms with Crippen LogP contribution in [0.3, 0.4) is 0 Å². The molecule has 8 nitrogen and oxygen atoms in total. The molecule has 0 aliphatic carbocycles. The lowest BCUT2D eigenvalue weighted by Gasteiger charge is -2.13. The van der Waals surface area contributed by atoms with Crippen LogP contribution in [0.25, 0.3) is 20.4 Å². The number of sulfone groups is 2. The first-order valence-electron chi connectivity index (χ1n) is 18.7. The zero-order chi connectivity index (χ0) is 49.7. The van der Waals surface area contributed by atoms with Crippen LogP contribution in [-0.2, 0) is 43.5 Å². The van der Waals surface area contributed by atoms with Crippen LogP contribution < -0.4 is 10.1 Å². The van der Waals surface area contributed by atoms with Gasteiger partial charge in [0, 0.05) is 5.02 Å². The highest BCUT2D eigenvalue weighted by atomic mass is 35.5. The maximum absolute atomic E-state index is 12.9. The number of hydrogen-bond acceptors (Lipinski definition) is 10. The molecular weight excluding hydrogens is 1130 g/mol. The van der Waals surface area contributed by atoms with Gasteiger partial charge in [0.25, 0.3) is 5.19 Å². The lowest BCUT2D eigenvalue weighted by molar-refractivity contribution is -0.138. The second-order valence-electron chi connectivity index (χ2n) is 14.4. The van der Waals surface area contributed by atoms with E-state index in [-0.39, 0.29) is 42.2 Å². The van der Waals surface area contributed by atoms with Crippen LogP contribution in [0, 0.1) is 6.92 Å². The molecule has 0 fully saturated rings. The summed E-state index contributed by atoms with van der Waals surface area (Å²) in [5.41, 5.74) is 1.26. The molecule has 6 aromatic carbocycles. The number of benzene rings is 6. The second-order valence-corrected chi connectivity index (χ2v) is 23.3. The van der Waals surface area contributed by atoms with Gasteiger partial charge >= 0.3 is 12.4 Å². The molecule has 0 radical (unpaired) electrons. The number of aromatic nitrogens is 2. The van der Waals surface area contributed by atoms with Gasteiger partial charge in [-0.15, -0.1) is 0 Å². The number of ether oxygens (including phenoxy) is 1. The molecule has 0 spiro atoms. The SMILES string of the molecule is Cc1ccc2nc(Nc3c(Cl)cc(CS(=O)(=O)c4ccc(C(F)(F)F)cc4Cl)cc3Cl)sc2c1.O=S(=O)(Cc1cc(Cl)c(Oc2nc3ccc(Cl)cc3s2)c(Cl)c1)c1ccc(C(F)(F)F)cc1Cl. The number of nitrogens with one attached hydrogen (secondary N) is 1. The Morgan fingerprint density at radius 2 is 1.03 bits per heavy atom. The van der Waals surface area contributed by atoms with Gasteiger partial charge in [0.15, 0.2) is 30.6 Å². The number of halogens is 13. The van der Waals surface area contributed by atoms with Crippen LogP contribution >= 0.6 is 104 Å². The van der Waals surface area contributed by atoms with Crippen molar-refractivity contribution < 1.29 is 47.9 Å². The predicted molar refractivity (Wildman–Crippen MR) is 260 cm³/mol. The van der Waals surface area contributed by atoms with Gasteiger partial charge in [-0.1, -0.05) is 110 Å². The Morgan fingerprint density at radius 3 is 1.53 bits per heavy atom. The summed E-state index contributed by atoms with van der Waals surface area (Å²) >= 11 is 45.6. The molecule has 8 aromatic rings. The largest absolute Gasteiger partial charge is 0.428 e. The van der Waals surface area contributed by atoms with Crippen LogP contribution in [0.4, 0.5) is 37.2 Å². The van der Waals surface area contributed by atoms with Crippen molar-refractivity contribution in [2.75, 3.05) is 5.32 Å². The third-order valence-electron chi connectivity index (χ3n) is 9.36. The molecule has 0 saturated carbocycles. The standard InChI is InChI=1S/C22H14Cl3F3N2O2S2.C21H10Cl4F3NO3S2/c1-11-2-4-17-18(6-11)33-21(29-17)30-20-15(24)7-12(8-16(20)25)10-34(31,32)19-5-3-13(9-14(19)23)22(26,27)28;22-12-2-3-16-17(8-12)33-20(29-16)32-19-14(24)5-10(6-15(19)25)9-34(30,31)18-4-1-11(7-13(18)23)21(26,27)28/h2-9H,10H2,1H3,(H,29,30);1-8H,9H2. The molecule has 0 atom stereocenters. The molecule has 8 rings (SSSR count). The first kappa shape index (κ1) is 52.0. The molecule has 2 heterocycles. The number of aryl methyl sites for hydroxylation is 1. The average molecular weight is 1150 g/mol. The van der Waals surface area contributed by atoms with E-state index in [1.165, 1.54) is 46.9 Å². The molecule has 1 N–H and O–H groups in total. The zero-order valence-corrected chi connectivity index (χ0v) is 42.2. The molecule has 0 amide bonds. The summed E-state index contributed by atoms with van der Waals surface area (Å²) in [6.45, 7) is 1.98. The second kappa shape index (κ2) is 20.1. The van der Waals surface area contributed by atoms with Crippen LogP contribution in [0.1, 0.15) is 27.8 Å². The molecule has 356 valence electrons. The summed E-state index contributed by atoms with van der Waals surface area (Å²) < 4.78 is 136. The summed E-state index contributed by atoms with van der Waals surface area (Å²) in [6.07, 6.45) is -9.30. The third kappa shape index (κ3) is 12.2. The summed E-state index contributed by atoms with van der Waals surface area (Å²) in [4.78, 5) is 7.95. The van der Waals surface area contributed by atoms with E-state index in [0.29, 0.717) is 45.6 Å². The maximum Gasteiger partial charge on any atom is 0.416 e. The Balaban J connectivity index is 0.000000201. The van der Waals surface area contributed by atoms with E-state index in [1.807, 2.05) is 25.1 Å². The predicted octanol–water partition coefficient (Wildman–Crippen LogP) is 17.0. The van der Waals surface area contributed by atoms with E-state index < -0.39 is 74.5 Å². The number of hydrogen-bond donors (Lipinski definition) is 1. The summed E-state index contributed by atoms with van der Waals surface area (Å²) in [5.74, 6) is -1.09. The van der Waals surface area contributed by atoms with Crippen molar-refractivity contribution >= 4 is 155 Å². The number of rotatable bonds is 10. The van der Waals surface area contributed by atoms with Crippen LogP contribution in [0.2, 0.25) is 35.2 Å². The van der Waals surface area contributed by atoms with E-state index in [0.717, 1.165) is 32.6 Å². The normalized spacial score (nSPS) is 12.3. The highest BCUT2D eigenvalue weighted by Crippen LogP contribution is 2.43. The lowest BCUT2D eigenvalue weighted by Crippen LogP contribution is -2.09. The Bertz CT molecular complexity index is 3230. The van der Waals surface area contributed by atoms with E-state index in [2.05, 4.69) is 15.3 Å². The molecular formula is C43H24Cl7F6N3O5S4. The molecule has 25 heteroatoms. The third-order valence-corrected chi connectivity index (χ3v) is 16.9. The summed E-state index contributed by atoms with van der Waals surface area (Å²) in [5, 5.41) is 3.72. The van der Waals surface area contributed by atoms with Gasteiger partial charge in [0.2, 0.25) is 0 Å². The first-order chi connectivity index (χ1) is 31.7. The zero-order valence-electron chi connectivity index (χ0n) is 33.6. The topological polar surface area (TPSA) is 115 Å². The van der Waals surface area contributed by atoms with Gasteiger partial charge < -0.3 is 10.1 Å². The summed E-state index contributed by atoms with van der Waals surface area (Å²) in [7, 11) is -8.19. The molecule has 0 unspecified atom stereocenters. The van der Waals surface area contributed by atoms with E-state index >= 15 is 0 Å². The molecule has 2 aromatic heterocycles. The van der Waals surface area contributed by atoms with Gasteiger partial charge in [-0.2, -0.15) is 26.3 Å². The minimum absolute atomic E-state index is 0.0218. The van der Waals surface area contributed by atoms with E-state index in [9.17, 15) is 43.2 Å². The van der Waals surface area contributed by atoms with Gasteiger partial charge in [0.1, 0.15) is 0 Å². The number of thiazole rings is 2. The number of fused-ring (bicyclic) bond motifs is 2. The maximum atomic E-state index is 12.9. The van der Waals surface area contributed by atoms with Crippen molar-refractivity contribution in [1.29, 1.82) is 0 Å². The Kier molecular flexibility index (Phi) is 15.4. The fourth-order valence-electron chi connectivity index (χ4n) is 6.28. The number of anilines is 2. The van der Waals surface area contributed by atoms with Crippen molar-refractivity contribution in [1.82, 2.24) is 9.97 Å². The highest BCUT2D eigenvalue weighted by molar-refractivity contribution is 7.91. The van der Waals surface area contributed by atoms with Crippen molar-refractivity contribution in [3.63, 3.8) is 0 Å². The van der Waals surface area contributed by atoms with E-state index in [1.54, 1.807) is 18.2 Å². The minimum atomic E-state index is -4.65. The van der Waals surface area contributed by atoms with Gasteiger partial charge in [-0.3, -0.25) is 0 Å². The molecule has 0 bridgehead atoms.